The Labute approximate surface area is 184 Å². The molecule has 0 unspecified atom stereocenters. The monoisotopic (exact) mass is 460 g/mol. The number of benzene rings is 1. The third-order valence-corrected chi connectivity index (χ3v) is 10.3. The van der Waals surface area contributed by atoms with Gasteiger partial charge in [-0.1, -0.05) is 56.7 Å². The van der Waals surface area contributed by atoms with E-state index in [1.54, 1.807) is 6.07 Å². The van der Waals surface area contributed by atoms with E-state index in [0.717, 1.165) is 12.7 Å². The quantitative estimate of drug-likeness (QED) is 0.231. The summed E-state index contributed by atoms with van der Waals surface area (Å²) in [4.78, 5) is 13.0. The van der Waals surface area contributed by atoms with E-state index in [9.17, 15) is 18.0 Å². The Morgan fingerprint density at radius 1 is 1.13 bits per heavy atom. The summed E-state index contributed by atoms with van der Waals surface area (Å²) in [6.45, 7) is 15.9. The van der Waals surface area contributed by atoms with Crippen molar-refractivity contribution in [2.24, 2.45) is 0 Å². The topological polar surface area (TPSA) is 44.8 Å². The number of hydrogen-bond acceptors (Lipinski definition) is 4. The third kappa shape index (κ3) is 6.67. The lowest BCUT2D eigenvalue weighted by molar-refractivity contribution is -0.278. The van der Waals surface area contributed by atoms with Crippen molar-refractivity contribution < 1.29 is 31.9 Å². The van der Waals surface area contributed by atoms with Crippen LogP contribution in [0.5, 0.6) is 0 Å². The van der Waals surface area contributed by atoms with E-state index < -0.39 is 32.2 Å². The second-order valence-electron chi connectivity index (χ2n) is 9.34. The van der Waals surface area contributed by atoms with Gasteiger partial charge in [0.1, 0.15) is 6.10 Å². The van der Waals surface area contributed by atoms with Gasteiger partial charge in [0, 0.05) is 12.7 Å². The molecule has 2 atom stereocenters. The number of allylic oxidation sites excluding steroid dienone is 1. The molecule has 0 saturated heterocycles. The lowest BCUT2D eigenvalue weighted by Gasteiger charge is -2.38. The molecule has 0 radical (unpaired) electrons. The number of halogens is 3. The largest absolute Gasteiger partial charge is 0.457 e. The predicted octanol–water partition coefficient (Wildman–Crippen LogP) is 6.38. The van der Waals surface area contributed by atoms with Crippen molar-refractivity contribution in [3.63, 3.8) is 0 Å². The van der Waals surface area contributed by atoms with Gasteiger partial charge in [0.25, 0.3) is 5.60 Å². The Hall–Kier alpha value is -1.64. The molecule has 0 N–H and O–H groups in total. The summed E-state index contributed by atoms with van der Waals surface area (Å²) in [7, 11) is -1.34. The number of hydrogen-bond donors (Lipinski definition) is 0. The van der Waals surface area contributed by atoms with Crippen molar-refractivity contribution in [1.82, 2.24) is 0 Å². The molecule has 0 heterocycles. The standard InChI is InChI=1S/C23H35F3O4Si/c1-17(2)14-15-19(16-29-31(7,8)21(3,4)5)30-20(27)22(28-6,23(24,25)26)18-12-10-9-11-13-18/h9-13,19H,1,14-16H2,2-8H3/t19-,22-/m0/s1. The molecule has 31 heavy (non-hydrogen) atoms. The van der Waals surface area contributed by atoms with Gasteiger partial charge in [-0.15, -0.1) is 6.58 Å². The Morgan fingerprint density at radius 3 is 2.10 bits per heavy atom. The van der Waals surface area contributed by atoms with Gasteiger partial charge < -0.3 is 13.9 Å². The van der Waals surface area contributed by atoms with Crippen LogP contribution in [0.1, 0.15) is 46.1 Å². The maximum atomic E-state index is 14.1. The van der Waals surface area contributed by atoms with Crippen LogP contribution >= 0.6 is 0 Å². The summed E-state index contributed by atoms with van der Waals surface area (Å²) in [6.07, 6.45) is -5.07. The number of carbonyl (C=O) groups is 1. The smallest absolute Gasteiger partial charge is 0.432 e. The zero-order valence-electron chi connectivity index (χ0n) is 19.6. The van der Waals surface area contributed by atoms with Crippen LogP contribution in [0.25, 0.3) is 0 Å². The first-order valence-corrected chi connectivity index (χ1v) is 13.2. The number of alkyl halides is 3. The Bertz CT molecular complexity index is 741. The van der Waals surface area contributed by atoms with E-state index in [0.29, 0.717) is 12.8 Å². The van der Waals surface area contributed by atoms with Gasteiger partial charge in [0.05, 0.1) is 6.61 Å². The van der Waals surface area contributed by atoms with E-state index in [-0.39, 0.29) is 17.2 Å². The van der Waals surface area contributed by atoms with Crippen LogP contribution in [0.2, 0.25) is 18.1 Å². The average molecular weight is 461 g/mol. The van der Waals surface area contributed by atoms with E-state index in [1.165, 1.54) is 24.3 Å². The molecule has 0 bridgehead atoms. The summed E-state index contributed by atoms with van der Waals surface area (Å²) in [5.41, 5.74) is -2.71. The highest BCUT2D eigenvalue weighted by atomic mass is 28.4. The summed E-state index contributed by atoms with van der Waals surface area (Å²) in [5, 5.41) is -0.0950. The van der Waals surface area contributed by atoms with E-state index >= 15 is 0 Å². The summed E-state index contributed by atoms with van der Waals surface area (Å²) in [5.74, 6) is -1.50. The highest BCUT2D eigenvalue weighted by Crippen LogP contribution is 2.43. The molecule has 0 fully saturated rings. The number of ether oxygens (including phenoxy) is 2. The molecule has 0 spiro atoms. The predicted molar refractivity (Wildman–Crippen MR) is 118 cm³/mol. The minimum Gasteiger partial charge on any atom is -0.457 e. The molecule has 0 aliphatic heterocycles. The molecule has 8 heteroatoms. The second kappa shape index (κ2) is 10.3. The number of esters is 1. The number of carbonyl (C=O) groups excluding carboxylic acids is 1. The minimum atomic E-state index is -5.01. The molecule has 4 nitrogen and oxygen atoms in total. The summed E-state index contributed by atoms with van der Waals surface area (Å²) < 4.78 is 58.8. The molecule has 0 aliphatic rings. The van der Waals surface area contributed by atoms with Crippen LogP contribution in [-0.2, 0) is 24.3 Å². The molecule has 0 aromatic heterocycles. The van der Waals surface area contributed by atoms with Gasteiger partial charge in [-0.05, 0) is 37.9 Å². The van der Waals surface area contributed by atoms with Crippen molar-refractivity contribution in [2.75, 3.05) is 13.7 Å². The summed E-state index contributed by atoms with van der Waals surface area (Å²) >= 11 is 0. The van der Waals surface area contributed by atoms with Gasteiger partial charge in [0.15, 0.2) is 8.32 Å². The van der Waals surface area contributed by atoms with Crippen LogP contribution in [0, 0.1) is 0 Å². The zero-order valence-corrected chi connectivity index (χ0v) is 20.6. The fourth-order valence-corrected chi connectivity index (χ4v) is 3.76. The molecule has 176 valence electrons. The van der Waals surface area contributed by atoms with Crippen molar-refractivity contribution >= 4 is 14.3 Å². The molecule has 1 aromatic rings. The van der Waals surface area contributed by atoms with Crippen LogP contribution in [0.3, 0.4) is 0 Å². The molecule has 1 aromatic carbocycles. The van der Waals surface area contributed by atoms with Gasteiger partial charge in [-0.3, -0.25) is 0 Å². The molecule has 1 rings (SSSR count). The molecule has 0 saturated carbocycles. The van der Waals surface area contributed by atoms with E-state index in [4.69, 9.17) is 13.9 Å². The Kier molecular flexibility index (Phi) is 9.11. The highest BCUT2D eigenvalue weighted by molar-refractivity contribution is 6.74. The van der Waals surface area contributed by atoms with Crippen molar-refractivity contribution in [1.29, 1.82) is 0 Å². The Morgan fingerprint density at radius 2 is 1.68 bits per heavy atom. The number of rotatable bonds is 10. The third-order valence-electron chi connectivity index (χ3n) is 5.78. The first kappa shape index (κ1) is 27.4. The SMILES string of the molecule is C=C(C)CC[C@@H](CO[Si](C)(C)C(C)(C)C)OC(=O)[C@@](OC)(c1ccccc1)C(F)(F)F. The van der Waals surface area contributed by atoms with Crippen LogP contribution in [0.15, 0.2) is 42.5 Å². The van der Waals surface area contributed by atoms with Crippen LogP contribution < -0.4 is 0 Å². The molecular formula is C23H35F3O4Si. The number of methoxy groups -OCH3 is 1. The second-order valence-corrected chi connectivity index (χ2v) is 14.2. The first-order chi connectivity index (χ1) is 14.1. The lowest BCUT2D eigenvalue weighted by atomic mass is 9.92. The molecule has 0 aliphatic carbocycles. The average Bonchev–Trinajstić information content (AvgIpc) is 2.63. The lowest BCUT2D eigenvalue weighted by Crippen LogP contribution is -2.53. The van der Waals surface area contributed by atoms with E-state index in [1.807, 2.05) is 20.0 Å². The Balaban J connectivity index is 3.22. The first-order valence-electron chi connectivity index (χ1n) is 10.3. The van der Waals surface area contributed by atoms with Gasteiger partial charge in [-0.25, -0.2) is 4.79 Å². The van der Waals surface area contributed by atoms with Crippen molar-refractivity contribution in [3.05, 3.63) is 48.0 Å². The van der Waals surface area contributed by atoms with Crippen molar-refractivity contribution in [3.8, 4) is 0 Å². The van der Waals surface area contributed by atoms with Gasteiger partial charge in [-0.2, -0.15) is 13.2 Å². The zero-order chi connectivity index (χ0) is 24.1. The maximum absolute atomic E-state index is 14.1. The fourth-order valence-electron chi connectivity index (χ4n) is 2.72. The van der Waals surface area contributed by atoms with Gasteiger partial charge in [0.2, 0.25) is 0 Å². The normalized spacial score (nSPS) is 15.8. The van der Waals surface area contributed by atoms with Crippen LogP contribution in [-0.4, -0.2) is 40.3 Å². The molecule has 0 amide bonds. The summed E-state index contributed by atoms with van der Waals surface area (Å²) in [6, 6.07) is 6.80. The van der Waals surface area contributed by atoms with Crippen molar-refractivity contribution in [2.45, 2.75) is 76.6 Å². The van der Waals surface area contributed by atoms with E-state index in [2.05, 4.69) is 27.4 Å². The fraction of sp³-hybridized carbons (Fsp3) is 0.609. The highest BCUT2D eigenvalue weighted by Gasteiger charge is 2.64. The maximum Gasteiger partial charge on any atom is 0.432 e. The molecular weight excluding hydrogens is 425 g/mol. The minimum absolute atomic E-state index is 0.0158. The van der Waals surface area contributed by atoms with Gasteiger partial charge >= 0.3 is 12.1 Å². The van der Waals surface area contributed by atoms with Crippen LogP contribution in [0.4, 0.5) is 13.2 Å².